The average Bonchev–Trinajstić information content (AvgIpc) is 3.08. The molecule has 5 aliphatic rings. The molecule has 0 aliphatic heterocycles. The quantitative estimate of drug-likeness (QED) is 0.299. The lowest BCUT2D eigenvalue weighted by Gasteiger charge is -2.73. The van der Waals surface area contributed by atoms with Gasteiger partial charge in [0.15, 0.2) is 0 Å². The van der Waals surface area contributed by atoms with Gasteiger partial charge in [0.1, 0.15) is 6.10 Å². The number of carbonyl (C=O) groups is 1. The van der Waals surface area contributed by atoms with Crippen molar-refractivity contribution in [3.05, 3.63) is 12.2 Å². The molecule has 0 aromatic rings. The minimum Gasteiger partial charge on any atom is -0.462 e. The van der Waals surface area contributed by atoms with E-state index in [1.54, 1.807) is 6.92 Å². The second-order valence-corrected chi connectivity index (χ2v) is 15.2. The van der Waals surface area contributed by atoms with Crippen LogP contribution in [0, 0.1) is 56.7 Å². The maximum Gasteiger partial charge on any atom is 0.302 e. The molecule has 34 heavy (non-hydrogen) atoms. The minimum absolute atomic E-state index is 0.0571. The van der Waals surface area contributed by atoms with Crippen molar-refractivity contribution in [2.45, 2.75) is 126 Å². The van der Waals surface area contributed by atoms with Gasteiger partial charge in [-0.2, -0.15) is 0 Å². The highest BCUT2D eigenvalue weighted by molar-refractivity contribution is 5.66. The first-order valence-corrected chi connectivity index (χ1v) is 14.5. The number of ether oxygens (including phenoxy) is 1. The van der Waals surface area contributed by atoms with Gasteiger partial charge in [0, 0.05) is 12.3 Å². The molecule has 5 rings (SSSR count). The van der Waals surface area contributed by atoms with Crippen LogP contribution in [0.2, 0.25) is 0 Å². The Morgan fingerprint density at radius 3 is 1.85 bits per heavy atom. The first-order chi connectivity index (χ1) is 15.7. The average molecular weight is 469 g/mol. The van der Waals surface area contributed by atoms with Crippen LogP contribution in [-0.4, -0.2) is 12.1 Å². The normalized spacial score (nSPS) is 53.6. The van der Waals surface area contributed by atoms with E-state index in [0.717, 1.165) is 30.1 Å². The molecule has 5 saturated carbocycles. The SMILES string of the molecule is C=C(C)C1CCC2(C)C1CCC1(C)C2CCC2C3(C)CCC(OC(C)=O)C(C)(C)C3CCC21C. The Labute approximate surface area is 210 Å². The topological polar surface area (TPSA) is 26.3 Å². The van der Waals surface area contributed by atoms with E-state index in [2.05, 4.69) is 55.0 Å². The zero-order chi connectivity index (χ0) is 24.9. The highest BCUT2D eigenvalue weighted by Gasteiger charge is 2.71. The lowest BCUT2D eigenvalue weighted by Crippen LogP contribution is -2.67. The van der Waals surface area contributed by atoms with Crippen LogP contribution in [-0.2, 0) is 9.53 Å². The summed E-state index contributed by atoms with van der Waals surface area (Å²) in [5, 5.41) is 0. The predicted molar refractivity (Wildman–Crippen MR) is 140 cm³/mol. The van der Waals surface area contributed by atoms with Crippen LogP contribution in [0.3, 0.4) is 0 Å². The molecule has 5 aliphatic carbocycles. The highest BCUT2D eigenvalue weighted by atomic mass is 16.5. The molecule has 0 spiro atoms. The molecule has 0 radical (unpaired) electrons. The molecule has 10 atom stereocenters. The van der Waals surface area contributed by atoms with Crippen molar-refractivity contribution < 1.29 is 9.53 Å². The summed E-state index contributed by atoms with van der Waals surface area (Å²) < 4.78 is 5.91. The molecule has 2 heteroatoms. The standard InChI is InChI=1S/C32H52O2/c1-20(2)22-12-16-29(6)23(22)13-18-31(8)25(29)10-11-26-30(7)17-15-27(34-21(3)33)28(4,5)24(30)14-19-32(26,31)9/h22-27H,1,10-19H2,2-9H3. The first kappa shape index (κ1) is 24.9. The maximum atomic E-state index is 11.9. The number of hydrogen-bond acceptors (Lipinski definition) is 2. The Bertz CT molecular complexity index is 872. The number of hydrogen-bond donors (Lipinski definition) is 0. The third kappa shape index (κ3) is 3.01. The molecular weight excluding hydrogens is 416 g/mol. The molecule has 2 nitrogen and oxygen atoms in total. The monoisotopic (exact) mass is 468 g/mol. The van der Waals surface area contributed by atoms with Gasteiger partial charge in [-0.25, -0.2) is 0 Å². The van der Waals surface area contributed by atoms with Crippen molar-refractivity contribution in [1.82, 2.24) is 0 Å². The van der Waals surface area contributed by atoms with Crippen LogP contribution >= 0.6 is 0 Å². The summed E-state index contributed by atoms with van der Waals surface area (Å²) in [6, 6.07) is 0. The smallest absolute Gasteiger partial charge is 0.302 e. The molecule has 10 unspecified atom stereocenters. The van der Waals surface area contributed by atoms with E-state index in [-0.39, 0.29) is 17.5 Å². The van der Waals surface area contributed by atoms with Crippen LogP contribution in [0.15, 0.2) is 12.2 Å². The number of rotatable bonds is 2. The molecular formula is C32H52O2. The van der Waals surface area contributed by atoms with E-state index in [4.69, 9.17) is 4.74 Å². The lowest BCUT2D eigenvalue weighted by molar-refractivity contribution is -0.253. The van der Waals surface area contributed by atoms with Crippen molar-refractivity contribution in [1.29, 1.82) is 0 Å². The lowest BCUT2D eigenvalue weighted by atomic mass is 9.32. The predicted octanol–water partition coefficient (Wildman–Crippen LogP) is 8.60. The van der Waals surface area contributed by atoms with Gasteiger partial charge in [-0.3, -0.25) is 4.79 Å². The third-order valence-electron chi connectivity index (χ3n) is 13.8. The summed E-state index contributed by atoms with van der Waals surface area (Å²) in [4.78, 5) is 11.9. The summed E-state index contributed by atoms with van der Waals surface area (Å²) in [6.07, 6.45) is 13.4. The molecule has 0 aromatic heterocycles. The van der Waals surface area contributed by atoms with E-state index in [9.17, 15) is 4.79 Å². The molecule has 192 valence electrons. The third-order valence-corrected chi connectivity index (χ3v) is 13.8. The Balaban J connectivity index is 1.48. The summed E-state index contributed by atoms with van der Waals surface area (Å²) in [5.74, 6) is 3.79. The van der Waals surface area contributed by atoms with Gasteiger partial charge in [-0.1, -0.05) is 53.7 Å². The number of allylic oxidation sites excluding steroid dienone is 1. The zero-order valence-corrected chi connectivity index (χ0v) is 23.6. The van der Waals surface area contributed by atoms with Gasteiger partial charge in [-0.05, 0) is 122 Å². The van der Waals surface area contributed by atoms with Gasteiger partial charge in [0.05, 0.1) is 0 Å². The summed E-state index contributed by atoms with van der Waals surface area (Å²) in [7, 11) is 0. The second-order valence-electron chi connectivity index (χ2n) is 15.2. The fourth-order valence-electron chi connectivity index (χ4n) is 12.2. The van der Waals surface area contributed by atoms with Crippen molar-refractivity contribution in [3.8, 4) is 0 Å². The zero-order valence-electron chi connectivity index (χ0n) is 23.6. The number of fused-ring (bicyclic) bond motifs is 7. The van der Waals surface area contributed by atoms with Crippen LogP contribution < -0.4 is 0 Å². The van der Waals surface area contributed by atoms with Crippen molar-refractivity contribution >= 4 is 5.97 Å². The molecule has 0 heterocycles. The van der Waals surface area contributed by atoms with E-state index in [0.29, 0.717) is 27.6 Å². The van der Waals surface area contributed by atoms with Gasteiger partial charge in [0.2, 0.25) is 0 Å². The Kier molecular flexibility index (Phi) is 5.57. The number of esters is 1. The summed E-state index contributed by atoms with van der Waals surface area (Å²) in [5.41, 5.74) is 3.21. The maximum absolute atomic E-state index is 11.9. The Morgan fingerprint density at radius 2 is 1.26 bits per heavy atom. The first-order valence-electron chi connectivity index (χ1n) is 14.5. The van der Waals surface area contributed by atoms with Crippen molar-refractivity contribution in [2.75, 3.05) is 0 Å². The second kappa shape index (κ2) is 7.61. The Morgan fingerprint density at radius 1 is 0.706 bits per heavy atom. The van der Waals surface area contributed by atoms with Crippen LogP contribution in [0.5, 0.6) is 0 Å². The summed E-state index contributed by atoms with van der Waals surface area (Å²) in [6.45, 7) is 23.9. The van der Waals surface area contributed by atoms with Crippen LogP contribution in [0.4, 0.5) is 0 Å². The fourth-order valence-corrected chi connectivity index (χ4v) is 12.2. The van der Waals surface area contributed by atoms with E-state index in [1.807, 2.05) is 0 Å². The van der Waals surface area contributed by atoms with Crippen LogP contribution in [0.25, 0.3) is 0 Å². The van der Waals surface area contributed by atoms with Crippen molar-refractivity contribution in [2.24, 2.45) is 56.7 Å². The summed E-state index contributed by atoms with van der Waals surface area (Å²) >= 11 is 0. The Hall–Kier alpha value is -0.790. The molecule has 5 fully saturated rings. The van der Waals surface area contributed by atoms with Gasteiger partial charge >= 0.3 is 5.97 Å². The van der Waals surface area contributed by atoms with Gasteiger partial charge in [0.25, 0.3) is 0 Å². The van der Waals surface area contributed by atoms with E-state index < -0.39 is 0 Å². The van der Waals surface area contributed by atoms with Gasteiger partial charge in [-0.15, -0.1) is 0 Å². The van der Waals surface area contributed by atoms with Gasteiger partial charge < -0.3 is 4.74 Å². The highest BCUT2D eigenvalue weighted by Crippen LogP contribution is 2.78. The molecule has 0 amide bonds. The molecule has 0 N–H and O–H groups in total. The fraction of sp³-hybridized carbons (Fsp3) is 0.906. The molecule has 0 bridgehead atoms. The minimum atomic E-state index is -0.107. The van der Waals surface area contributed by atoms with Crippen molar-refractivity contribution in [3.63, 3.8) is 0 Å². The largest absolute Gasteiger partial charge is 0.462 e. The molecule has 0 saturated heterocycles. The van der Waals surface area contributed by atoms with E-state index >= 15 is 0 Å². The van der Waals surface area contributed by atoms with Crippen LogP contribution in [0.1, 0.15) is 120 Å². The molecule has 0 aromatic carbocycles. The van der Waals surface area contributed by atoms with E-state index in [1.165, 1.54) is 63.4 Å². The number of carbonyl (C=O) groups excluding carboxylic acids is 1.